The number of anilines is 2. The molecule has 0 saturated carbocycles. The number of benzene rings is 2. The van der Waals surface area contributed by atoms with Crippen LogP contribution in [0.5, 0.6) is 0 Å². The molecule has 152 valence electrons. The van der Waals surface area contributed by atoms with Gasteiger partial charge in [0.2, 0.25) is 11.8 Å². The largest absolute Gasteiger partial charge is 0.416 e. The van der Waals surface area contributed by atoms with Gasteiger partial charge in [-0.05, 0) is 42.5 Å². The smallest absolute Gasteiger partial charge is 0.335 e. The first-order chi connectivity index (χ1) is 13.7. The molecule has 2 aromatic carbocycles. The number of nitrogens with zero attached hydrogens (tertiary/aromatic N) is 2. The maximum atomic E-state index is 13.1. The summed E-state index contributed by atoms with van der Waals surface area (Å²) in [5, 5.41) is 2.14. The first kappa shape index (κ1) is 20.8. The van der Waals surface area contributed by atoms with E-state index in [4.69, 9.17) is 0 Å². The lowest BCUT2D eigenvalue weighted by atomic mass is 10.2. The van der Waals surface area contributed by atoms with Crippen LogP contribution < -0.4 is 10.2 Å². The molecule has 3 rings (SSSR count). The van der Waals surface area contributed by atoms with Gasteiger partial charge in [0.25, 0.3) is 0 Å². The summed E-state index contributed by atoms with van der Waals surface area (Å²) < 4.78 is 51.7. The highest BCUT2D eigenvalue weighted by Gasteiger charge is 2.40. The van der Waals surface area contributed by atoms with Crippen molar-refractivity contribution in [1.29, 1.82) is 0 Å². The molecule has 1 aliphatic rings. The van der Waals surface area contributed by atoms with Crippen molar-refractivity contribution in [3.63, 3.8) is 0 Å². The molecule has 1 fully saturated rings. The average molecular weight is 425 g/mol. The first-order valence-electron chi connectivity index (χ1n) is 8.39. The third-order valence-corrected chi connectivity index (χ3v) is 5.25. The van der Waals surface area contributed by atoms with E-state index >= 15 is 0 Å². The SMILES string of the molecule is CN=C(Nc1cccc(C(F)(F)F)c1)SC1CC(=O)N(c2ccc(F)cc2)C1=O. The number of imide groups is 1. The van der Waals surface area contributed by atoms with Crippen LogP contribution in [0.4, 0.5) is 28.9 Å². The van der Waals surface area contributed by atoms with Crippen LogP contribution in [0.3, 0.4) is 0 Å². The number of amidine groups is 1. The molecule has 0 bridgehead atoms. The molecular weight excluding hydrogens is 410 g/mol. The molecule has 5 nitrogen and oxygen atoms in total. The van der Waals surface area contributed by atoms with E-state index < -0.39 is 34.6 Å². The summed E-state index contributed by atoms with van der Waals surface area (Å²) >= 11 is 0.945. The van der Waals surface area contributed by atoms with Crippen LogP contribution in [0.1, 0.15) is 12.0 Å². The van der Waals surface area contributed by atoms with Gasteiger partial charge in [-0.3, -0.25) is 14.6 Å². The Morgan fingerprint density at radius 2 is 1.86 bits per heavy atom. The molecule has 1 heterocycles. The molecule has 1 atom stereocenters. The van der Waals surface area contributed by atoms with Crippen LogP contribution in [-0.4, -0.2) is 29.3 Å². The molecule has 29 heavy (non-hydrogen) atoms. The standard InChI is InChI=1S/C19H15F4N3O2S/c1-24-18(25-13-4-2-3-11(9-13)19(21,22)23)29-15-10-16(27)26(17(15)28)14-7-5-12(20)6-8-14/h2-9,15H,10H2,1H3,(H,24,25). The van der Waals surface area contributed by atoms with Gasteiger partial charge in [0.1, 0.15) is 11.1 Å². The van der Waals surface area contributed by atoms with Gasteiger partial charge in [-0.25, -0.2) is 9.29 Å². The summed E-state index contributed by atoms with van der Waals surface area (Å²) in [5.74, 6) is -1.45. The molecule has 1 aliphatic heterocycles. The summed E-state index contributed by atoms with van der Waals surface area (Å²) in [4.78, 5) is 29.9. The molecule has 0 spiro atoms. The number of carbonyl (C=O) groups is 2. The zero-order chi connectivity index (χ0) is 21.2. The summed E-state index contributed by atoms with van der Waals surface area (Å²) in [5.41, 5.74) is -0.414. The van der Waals surface area contributed by atoms with Crippen molar-refractivity contribution < 1.29 is 27.2 Å². The highest BCUT2D eigenvalue weighted by molar-refractivity contribution is 8.15. The van der Waals surface area contributed by atoms with Gasteiger partial charge in [0.15, 0.2) is 5.17 Å². The lowest BCUT2D eigenvalue weighted by Gasteiger charge is -2.16. The highest BCUT2D eigenvalue weighted by atomic mass is 32.2. The van der Waals surface area contributed by atoms with E-state index in [9.17, 15) is 27.2 Å². The molecule has 1 N–H and O–H groups in total. The van der Waals surface area contributed by atoms with Crippen LogP contribution in [0.15, 0.2) is 53.5 Å². The Labute approximate surface area is 167 Å². The average Bonchev–Trinajstić information content (AvgIpc) is 2.95. The second-order valence-electron chi connectivity index (χ2n) is 6.09. The number of hydrogen-bond acceptors (Lipinski definition) is 4. The molecule has 10 heteroatoms. The van der Waals surface area contributed by atoms with Crippen LogP contribution in [-0.2, 0) is 15.8 Å². The van der Waals surface area contributed by atoms with E-state index in [0.29, 0.717) is 0 Å². The van der Waals surface area contributed by atoms with Crippen molar-refractivity contribution in [2.24, 2.45) is 4.99 Å². The Kier molecular flexibility index (Phi) is 5.92. The fourth-order valence-electron chi connectivity index (χ4n) is 2.73. The Morgan fingerprint density at radius 3 is 2.48 bits per heavy atom. The van der Waals surface area contributed by atoms with Gasteiger partial charge in [-0.1, -0.05) is 17.8 Å². The number of rotatable bonds is 3. The van der Waals surface area contributed by atoms with Crippen molar-refractivity contribution in [3.8, 4) is 0 Å². The maximum absolute atomic E-state index is 13.1. The Hall–Kier alpha value is -2.88. The quantitative estimate of drug-likeness (QED) is 0.345. The van der Waals surface area contributed by atoms with Gasteiger partial charge in [0, 0.05) is 19.2 Å². The third-order valence-electron chi connectivity index (χ3n) is 4.09. The van der Waals surface area contributed by atoms with Crippen molar-refractivity contribution in [2.45, 2.75) is 17.8 Å². The number of alkyl halides is 3. The van der Waals surface area contributed by atoms with E-state index in [-0.39, 0.29) is 23.0 Å². The number of carbonyl (C=O) groups excluding carboxylic acids is 2. The van der Waals surface area contributed by atoms with Crippen molar-refractivity contribution in [1.82, 2.24) is 0 Å². The summed E-state index contributed by atoms with van der Waals surface area (Å²) in [7, 11) is 1.42. The zero-order valence-corrected chi connectivity index (χ0v) is 15.9. The van der Waals surface area contributed by atoms with Gasteiger partial charge >= 0.3 is 6.18 Å². The van der Waals surface area contributed by atoms with Crippen molar-refractivity contribution >= 4 is 40.1 Å². The fourth-order valence-corrected chi connectivity index (χ4v) is 3.71. The van der Waals surface area contributed by atoms with E-state index in [0.717, 1.165) is 40.9 Å². The Balaban J connectivity index is 1.72. The van der Waals surface area contributed by atoms with Gasteiger partial charge in [-0.15, -0.1) is 0 Å². The minimum Gasteiger partial charge on any atom is -0.335 e. The number of aliphatic imine (C=N–C) groups is 1. The topological polar surface area (TPSA) is 61.8 Å². The summed E-state index contributed by atoms with van der Waals surface area (Å²) in [6.45, 7) is 0. The monoisotopic (exact) mass is 425 g/mol. The van der Waals surface area contributed by atoms with Crippen molar-refractivity contribution in [2.75, 3.05) is 17.3 Å². The number of hydrogen-bond donors (Lipinski definition) is 1. The number of thioether (sulfide) groups is 1. The molecular formula is C19H15F4N3O2S. The summed E-state index contributed by atoms with van der Waals surface area (Å²) in [6.07, 6.45) is -4.60. The molecule has 0 radical (unpaired) electrons. The predicted octanol–water partition coefficient (Wildman–Crippen LogP) is 4.31. The number of amides is 2. The van der Waals surface area contributed by atoms with E-state index in [1.54, 1.807) is 0 Å². The van der Waals surface area contributed by atoms with E-state index in [1.807, 2.05) is 0 Å². The lowest BCUT2D eigenvalue weighted by Crippen LogP contribution is -2.31. The number of nitrogens with one attached hydrogen (secondary N) is 1. The van der Waals surface area contributed by atoms with Crippen molar-refractivity contribution in [3.05, 3.63) is 59.9 Å². The molecule has 2 amide bonds. The van der Waals surface area contributed by atoms with Crippen LogP contribution in [0.25, 0.3) is 0 Å². The zero-order valence-electron chi connectivity index (χ0n) is 15.0. The van der Waals surface area contributed by atoms with E-state index in [2.05, 4.69) is 10.3 Å². The fraction of sp³-hybridized carbons (Fsp3) is 0.211. The Bertz CT molecular complexity index is 961. The normalized spacial score (nSPS) is 17.8. The molecule has 1 unspecified atom stereocenters. The maximum Gasteiger partial charge on any atom is 0.416 e. The van der Waals surface area contributed by atoms with Gasteiger partial charge in [-0.2, -0.15) is 13.2 Å². The third kappa shape index (κ3) is 4.76. The minimum atomic E-state index is -4.49. The van der Waals surface area contributed by atoms with Crippen LogP contribution >= 0.6 is 11.8 Å². The minimum absolute atomic E-state index is 0.107. The molecule has 0 aliphatic carbocycles. The predicted molar refractivity (Wildman–Crippen MR) is 103 cm³/mol. The number of halogens is 4. The summed E-state index contributed by atoms with van der Waals surface area (Å²) in [6, 6.07) is 9.51. The Morgan fingerprint density at radius 1 is 1.17 bits per heavy atom. The first-order valence-corrected chi connectivity index (χ1v) is 9.27. The second-order valence-corrected chi connectivity index (χ2v) is 7.28. The second kappa shape index (κ2) is 8.24. The van der Waals surface area contributed by atoms with Gasteiger partial charge < -0.3 is 5.32 Å². The highest BCUT2D eigenvalue weighted by Crippen LogP contribution is 2.33. The van der Waals surface area contributed by atoms with Gasteiger partial charge in [0.05, 0.1) is 11.3 Å². The lowest BCUT2D eigenvalue weighted by molar-refractivity contribution is -0.137. The molecule has 0 aromatic heterocycles. The molecule has 1 saturated heterocycles. The van der Waals surface area contributed by atoms with Crippen LogP contribution in [0.2, 0.25) is 0 Å². The van der Waals surface area contributed by atoms with E-state index in [1.165, 1.54) is 31.3 Å². The van der Waals surface area contributed by atoms with Crippen LogP contribution in [0, 0.1) is 5.82 Å². The molecule has 2 aromatic rings.